The van der Waals surface area contributed by atoms with Gasteiger partial charge < -0.3 is 4.90 Å². The second kappa shape index (κ2) is 7.66. The van der Waals surface area contributed by atoms with E-state index in [1.165, 1.54) is 23.1 Å². The first-order valence-corrected chi connectivity index (χ1v) is 8.65. The molecule has 0 aromatic heterocycles. The van der Waals surface area contributed by atoms with E-state index in [1.54, 1.807) is 0 Å². The lowest BCUT2D eigenvalue weighted by Gasteiger charge is -2.32. The normalized spacial score (nSPS) is 15.8. The van der Waals surface area contributed by atoms with Crippen molar-refractivity contribution in [2.24, 2.45) is 5.92 Å². The maximum Gasteiger partial charge on any atom is 0.416 e. The maximum atomic E-state index is 13.8. The van der Waals surface area contributed by atoms with Gasteiger partial charge in [-0.1, -0.05) is 18.2 Å². The van der Waals surface area contributed by atoms with Crippen LogP contribution in [0.3, 0.4) is 0 Å². The molecule has 0 saturated carbocycles. The van der Waals surface area contributed by atoms with Gasteiger partial charge in [0.2, 0.25) is 0 Å². The minimum Gasteiger partial charge on any atom is -0.338 e. The number of amides is 1. The molecule has 0 bridgehead atoms. The lowest BCUT2D eigenvalue weighted by atomic mass is 9.89. The third-order valence-electron chi connectivity index (χ3n) is 4.88. The van der Waals surface area contributed by atoms with E-state index in [-0.39, 0.29) is 5.92 Å². The Balaban J connectivity index is 1.58. The second-order valence-electron chi connectivity index (χ2n) is 6.73. The van der Waals surface area contributed by atoms with Gasteiger partial charge in [-0.3, -0.25) is 4.79 Å². The number of carbonyl (C=O) groups excluding carboxylic acids is 1. The molecule has 0 unspecified atom stereocenters. The van der Waals surface area contributed by atoms with E-state index >= 15 is 0 Å². The van der Waals surface area contributed by atoms with Crippen molar-refractivity contribution in [2.45, 2.75) is 25.4 Å². The summed E-state index contributed by atoms with van der Waals surface area (Å²) in [5.41, 5.74) is -0.426. The Morgan fingerprint density at radius 3 is 2.04 bits per heavy atom. The fourth-order valence-corrected chi connectivity index (χ4v) is 3.36. The number of piperidine rings is 1. The molecule has 2 nitrogen and oxygen atoms in total. The van der Waals surface area contributed by atoms with Crippen molar-refractivity contribution in [1.29, 1.82) is 0 Å². The largest absolute Gasteiger partial charge is 0.416 e. The second-order valence-corrected chi connectivity index (χ2v) is 6.73. The lowest BCUT2D eigenvalue weighted by molar-refractivity contribution is -0.137. The van der Waals surface area contributed by atoms with Crippen molar-refractivity contribution in [3.05, 3.63) is 70.8 Å². The lowest BCUT2D eigenvalue weighted by Crippen LogP contribution is -2.39. The summed E-state index contributed by atoms with van der Waals surface area (Å²) < 4.78 is 65.3. The summed E-state index contributed by atoms with van der Waals surface area (Å²) in [5, 5.41) is 0. The van der Waals surface area contributed by atoms with Crippen molar-refractivity contribution >= 4 is 5.91 Å². The van der Waals surface area contributed by atoms with Gasteiger partial charge in [0, 0.05) is 13.1 Å². The van der Waals surface area contributed by atoms with Gasteiger partial charge in [0.1, 0.15) is 17.2 Å². The monoisotopic (exact) mass is 383 g/mol. The van der Waals surface area contributed by atoms with Crippen molar-refractivity contribution in [3.63, 3.8) is 0 Å². The van der Waals surface area contributed by atoms with Gasteiger partial charge in [0.25, 0.3) is 5.91 Å². The number of nitrogens with zero attached hydrogens (tertiary/aromatic N) is 1. The van der Waals surface area contributed by atoms with Crippen molar-refractivity contribution < 1.29 is 26.7 Å². The Kier molecular flexibility index (Phi) is 5.48. The summed E-state index contributed by atoms with van der Waals surface area (Å²) >= 11 is 0. The van der Waals surface area contributed by atoms with E-state index in [4.69, 9.17) is 0 Å². The fourth-order valence-electron chi connectivity index (χ4n) is 3.36. The summed E-state index contributed by atoms with van der Waals surface area (Å²) in [4.78, 5) is 13.8. The third kappa shape index (κ3) is 4.46. The molecule has 0 spiro atoms. The Hall–Kier alpha value is -2.44. The first-order valence-electron chi connectivity index (χ1n) is 8.65. The molecule has 1 heterocycles. The van der Waals surface area contributed by atoms with Gasteiger partial charge in [-0.15, -0.1) is 0 Å². The number of hydrogen-bond acceptors (Lipinski definition) is 1. The molecule has 1 aliphatic heterocycles. The number of alkyl halides is 3. The molecule has 2 aromatic rings. The number of hydrogen-bond donors (Lipinski definition) is 0. The summed E-state index contributed by atoms with van der Waals surface area (Å²) in [6.45, 7) is 0.718. The minimum absolute atomic E-state index is 0.205. The molecule has 0 N–H and O–H groups in total. The molecule has 0 atom stereocenters. The number of carbonyl (C=O) groups is 1. The first-order chi connectivity index (χ1) is 12.8. The molecule has 1 aliphatic rings. The zero-order valence-corrected chi connectivity index (χ0v) is 14.4. The molecular formula is C20H18F5NO. The molecule has 1 saturated heterocycles. The van der Waals surface area contributed by atoms with Gasteiger partial charge in [0.05, 0.1) is 5.56 Å². The SMILES string of the molecule is O=C(c1c(F)cccc1F)N1CCC(Cc2ccc(C(F)(F)F)cc2)CC1. The van der Waals surface area contributed by atoms with Crippen LogP contribution in [0.15, 0.2) is 42.5 Å². The highest BCUT2D eigenvalue weighted by Crippen LogP contribution is 2.30. The van der Waals surface area contributed by atoms with E-state index in [1.807, 2.05) is 0 Å². The van der Waals surface area contributed by atoms with Gasteiger partial charge in [0.15, 0.2) is 0 Å². The van der Waals surface area contributed by atoms with E-state index in [0.717, 1.165) is 29.8 Å². The number of halogens is 5. The molecule has 27 heavy (non-hydrogen) atoms. The van der Waals surface area contributed by atoms with Gasteiger partial charge in [-0.2, -0.15) is 13.2 Å². The summed E-state index contributed by atoms with van der Waals surface area (Å²) in [6.07, 6.45) is -2.49. The number of likely N-dealkylation sites (tertiary alicyclic amines) is 1. The third-order valence-corrected chi connectivity index (χ3v) is 4.88. The predicted molar refractivity (Wildman–Crippen MR) is 90.1 cm³/mol. The van der Waals surface area contributed by atoms with Gasteiger partial charge in [-0.05, 0) is 55.0 Å². The zero-order chi connectivity index (χ0) is 19.6. The van der Waals surface area contributed by atoms with Crippen LogP contribution >= 0.6 is 0 Å². The van der Waals surface area contributed by atoms with E-state index in [2.05, 4.69) is 0 Å². The molecule has 0 radical (unpaired) electrons. The van der Waals surface area contributed by atoms with Crippen LogP contribution in [-0.4, -0.2) is 23.9 Å². The standard InChI is InChI=1S/C20H18F5NO/c21-16-2-1-3-17(22)18(16)19(27)26-10-8-14(9-11-26)12-13-4-6-15(7-5-13)20(23,24)25/h1-7,14H,8-12H2. The van der Waals surface area contributed by atoms with Crippen LogP contribution in [-0.2, 0) is 12.6 Å². The topological polar surface area (TPSA) is 20.3 Å². The van der Waals surface area contributed by atoms with E-state index in [9.17, 15) is 26.7 Å². The fraction of sp³-hybridized carbons (Fsp3) is 0.350. The van der Waals surface area contributed by atoms with Crippen molar-refractivity contribution in [1.82, 2.24) is 4.90 Å². The first kappa shape index (κ1) is 19.3. The van der Waals surface area contributed by atoms with Gasteiger partial charge in [-0.25, -0.2) is 8.78 Å². The van der Waals surface area contributed by atoms with Crippen LogP contribution in [0, 0.1) is 17.6 Å². The Morgan fingerprint density at radius 2 is 1.52 bits per heavy atom. The van der Waals surface area contributed by atoms with Crippen LogP contribution in [0.4, 0.5) is 22.0 Å². The van der Waals surface area contributed by atoms with Crippen LogP contribution in [0.25, 0.3) is 0 Å². The average molecular weight is 383 g/mol. The highest BCUT2D eigenvalue weighted by atomic mass is 19.4. The maximum absolute atomic E-state index is 13.8. The van der Waals surface area contributed by atoms with E-state index < -0.39 is 34.8 Å². The molecule has 144 valence electrons. The minimum atomic E-state index is -4.35. The summed E-state index contributed by atoms with van der Waals surface area (Å²) in [6, 6.07) is 8.37. The zero-order valence-electron chi connectivity index (χ0n) is 14.4. The van der Waals surface area contributed by atoms with E-state index in [0.29, 0.717) is 32.4 Å². The van der Waals surface area contributed by atoms with Crippen LogP contribution in [0.1, 0.15) is 34.3 Å². The Labute approximate surface area is 153 Å². The molecule has 0 aliphatic carbocycles. The van der Waals surface area contributed by atoms with Crippen molar-refractivity contribution in [2.75, 3.05) is 13.1 Å². The number of rotatable bonds is 3. The molecular weight excluding hydrogens is 365 g/mol. The van der Waals surface area contributed by atoms with Crippen LogP contribution in [0.2, 0.25) is 0 Å². The summed E-state index contributed by atoms with van der Waals surface area (Å²) in [7, 11) is 0. The highest BCUT2D eigenvalue weighted by molar-refractivity contribution is 5.94. The molecule has 1 amide bonds. The summed E-state index contributed by atoms with van der Waals surface area (Å²) in [5.74, 6) is -2.23. The molecule has 3 rings (SSSR count). The van der Waals surface area contributed by atoms with Crippen LogP contribution < -0.4 is 0 Å². The number of benzene rings is 2. The average Bonchev–Trinajstić information content (AvgIpc) is 2.62. The van der Waals surface area contributed by atoms with Gasteiger partial charge >= 0.3 is 6.18 Å². The Bertz CT molecular complexity index is 788. The van der Waals surface area contributed by atoms with Crippen LogP contribution in [0.5, 0.6) is 0 Å². The smallest absolute Gasteiger partial charge is 0.338 e. The van der Waals surface area contributed by atoms with Crippen molar-refractivity contribution in [3.8, 4) is 0 Å². The quantitative estimate of drug-likeness (QED) is 0.677. The molecule has 7 heteroatoms. The molecule has 2 aromatic carbocycles. The predicted octanol–water partition coefficient (Wildman–Crippen LogP) is 5.08. The molecule has 1 fully saturated rings. The Morgan fingerprint density at radius 1 is 0.963 bits per heavy atom. The highest BCUT2D eigenvalue weighted by Gasteiger charge is 2.30.